The molecule has 1 aromatic carbocycles. The molecule has 0 amide bonds. The van der Waals surface area contributed by atoms with Crippen LogP contribution in [0.2, 0.25) is 5.02 Å². The fraction of sp³-hybridized carbons (Fsp3) is 0.154. The molecule has 0 aliphatic carbocycles. The number of hydrogen-bond acceptors (Lipinski definition) is 3. The number of aromatic carboxylic acids is 1. The fourth-order valence-corrected chi connectivity index (χ4v) is 2.59. The lowest BCUT2D eigenvalue weighted by atomic mass is 10.2. The minimum Gasteiger partial charge on any atom is -0.477 e. The second-order valence-corrected chi connectivity index (χ2v) is 5.41. The summed E-state index contributed by atoms with van der Waals surface area (Å²) in [5, 5.41) is 12.8. The number of thiophene rings is 1. The van der Waals surface area contributed by atoms with Crippen LogP contribution in [0.3, 0.4) is 0 Å². The van der Waals surface area contributed by atoms with Crippen LogP contribution in [0.5, 0.6) is 0 Å². The Morgan fingerprint density at radius 2 is 2.11 bits per heavy atom. The van der Waals surface area contributed by atoms with Gasteiger partial charge in [-0.25, -0.2) is 4.79 Å². The van der Waals surface area contributed by atoms with Crippen LogP contribution in [0.4, 0.5) is 0 Å². The van der Waals surface area contributed by atoms with Crippen LogP contribution in [-0.2, 0) is 13.1 Å². The van der Waals surface area contributed by atoms with Gasteiger partial charge in [0.25, 0.3) is 0 Å². The molecule has 2 rings (SSSR count). The summed E-state index contributed by atoms with van der Waals surface area (Å²) >= 11 is 7.18. The monoisotopic (exact) mass is 281 g/mol. The number of carboxylic acid groups (broad SMARTS) is 1. The van der Waals surface area contributed by atoms with E-state index in [9.17, 15) is 4.79 Å². The highest BCUT2D eigenvalue weighted by Gasteiger charge is 2.06. The number of rotatable bonds is 5. The minimum atomic E-state index is -0.874. The number of halogens is 1. The maximum Gasteiger partial charge on any atom is 0.345 e. The van der Waals surface area contributed by atoms with E-state index >= 15 is 0 Å². The van der Waals surface area contributed by atoms with Crippen molar-refractivity contribution < 1.29 is 9.90 Å². The van der Waals surface area contributed by atoms with Gasteiger partial charge in [-0.3, -0.25) is 0 Å². The van der Waals surface area contributed by atoms with Crippen LogP contribution in [0.25, 0.3) is 0 Å². The van der Waals surface area contributed by atoms with Crippen LogP contribution in [0.15, 0.2) is 36.4 Å². The summed E-state index contributed by atoms with van der Waals surface area (Å²) in [6.07, 6.45) is 0. The first-order valence-corrected chi connectivity index (χ1v) is 6.62. The van der Waals surface area contributed by atoms with Crippen LogP contribution in [0.1, 0.15) is 20.1 Å². The van der Waals surface area contributed by atoms with E-state index in [1.807, 2.05) is 30.3 Å². The molecule has 2 N–H and O–H groups in total. The van der Waals surface area contributed by atoms with Crippen LogP contribution in [-0.4, -0.2) is 11.1 Å². The first-order valence-electron chi connectivity index (χ1n) is 5.42. The summed E-state index contributed by atoms with van der Waals surface area (Å²) in [6, 6.07) is 11.1. The van der Waals surface area contributed by atoms with Crippen LogP contribution >= 0.6 is 22.9 Å². The lowest BCUT2D eigenvalue weighted by Gasteiger charge is -2.03. The first-order chi connectivity index (χ1) is 8.65. The van der Waals surface area contributed by atoms with E-state index in [1.54, 1.807) is 6.07 Å². The van der Waals surface area contributed by atoms with Gasteiger partial charge in [-0.2, -0.15) is 0 Å². The standard InChI is InChI=1S/C13H12ClNO2S/c14-10-3-1-2-9(6-10)7-15-8-11-4-5-12(18-11)13(16)17/h1-6,15H,7-8H2,(H,16,17). The van der Waals surface area contributed by atoms with Gasteiger partial charge >= 0.3 is 5.97 Å². The highest BCUT2D eigenvalue weighted by atomic mass is 35.5. The molecule has 0 unspecified atom stereocenters. The molecule has 18 heavy (non-hydrogen) atoms. The second-order valence-electron chi connectivity index (χ2n) is 3.80. The van der Waals surface area contributed by atoms with Crippen LogP contribution < -0.4 is 5.32 Å². The van der Waals surface area contributed by atoms with E-state index < -0.39 is 5.97 Å². The van der Waals surface area contributed by atoms with E-state index in [0.717, 1.165) is 15.5 Å². The number of hydrogen-bond donors (Lipinski definition) is 2. The molecule has 0 bridgehead atoms. The molecule has 0 saturated heterocycles. The van der Waals surface area contributed by atoms with E-state index in [2.05, 4.69) is 5.32 Å². The van der Waals surface area contributed by atoms with Crippen molar-refractivity contribution in [1.82, 2.24) is 5.32 Å². The Labute approximate surface area is 114 Å². The molecule has 5 heteroatoms. The summed E-state index contributed by atoms with van der Waals surface area (Å²) in [4.78, 5) is 12.1. The van der Waals surface area contributed by atoms with Crippen molar-refractivity contribution in [2.24, 2.45) is 0 Å². The molecular formula is C13H12ClNO2S. The zero-order chi connectivity index (χ0) is 13.0. The van der Waals surface area contributed by atoms with Crippen molar-refractivity contribution in [2.45, 2.75) is 13.1 Å². The predicted octanol–water partition coefficient (Wildman–Crippen LogP) is 3.39. The Balaban J connectivity index is 1.86. The molecule has 0 radical (unpaired) electrons. The molecule has 0 aliphatic rings. The lowest BCUT2D eigenvalue weighted by molar-refractivity contribution is 0.0702. The number of benzene rings is 1. The third kappa shape index (κ3) is 3.57. The number of carbonyl (C=O) groups is 1. The topological polar surface area (TPSA) is 49.3 Å². The average molecular weight is 282 g/mol. The molecule has 0 fully saturated rings. The Bertz CT molecular complexity index is 553. The van der Waals surface area contributed by atoms with Gasteiger partial charge in [-0.15, -0.1) is 11.3 Å². The Hall–Kier alpha value is -1.36. The maximum absolute atomic E-state index is 10.7. The zero-order valence-electron chi connectivity index (χ0n) is 9.52. The normalized spacial score (nSPS) is 10.5. The smallest absolute Gasteiger partial charge is 0.345 e. The third-order valence-electron chi connectivity index (χ3n) is 2.39. The van der Waals surface area contributed by atoms with Gasteiger partial charge in [0.05, 0.1) is 0 Å². The van der Waals surface area contributed by atoms with Gasteiger partial charge < -0.3 is 10.4 Å². The minimum absolute atomic E-state index is 0.370. The van der Waals surface area contributed by atoms with E-state index in [1.165, 1.54) is 11.3 Å². The summed E-state index contributed by atoms with van der Waals surface area (Å²) < 4.78 is 0. The van der Waals surface area contributed by atoms with Crippen molar-refractivity contribution >= 4 is 28.9 Å². The fourth-order valence-electron chi connectivity index (χ4n) is 1.56. The molecule has 0 atom stereocenters. The van der Waals surface area contributed by atoms with Gasteiger partial charge in [0, 0.05) is 23.0 Å². The van der Waals surface area contributed by atoms with Crippen molar-refractivity contribution in [2.75, 3.05) is 0 Å². The predicted molar refractivity (Wildman–Crippen MR) is 73.3 cm³/mol. The summed E-state index contributed by atoms with van der Waals surface area (Å²) in [5.74, 6) is -0.874. The van der Waals surface area contributed by atoms with Gasteiger partial charge in [-0.1, -0.05) is 23.7 Å². The average Bonchev–Trinajstić information content (AvgIpc) is 2.78. The molecule has 94 valence electrons. The van der Waals surface area contributed by atoms with E-state index in [-0.39, 0.29) is 0 Å². The third-order valence-corrected chi connectivity index (χ3v) is 3.70. The molecule has 2 aromatic rings. The molecule has 0 spiro atoms. The maximum atomic E-state index is 10.7. The van der Waals surface area contributed by atoms with E-state index in [4.69, 9.17) is 16.7 Å². The molecule has 1 aromatic heterocycles. The summed E-state index contributed by atoms with van der Waals surface area (Å²) in [6.45, 7) is 1.37. The zero-order valence-corrected chi connectivity index (χ0v) is 11.1. The largest absolute Gasteiger partial charge is 0.477 e. The Morgan fingerprint density at radius 1 is 1.28 bits per heavy atom. The quantitative estimate of drug-likeness (QED) is 0.883. The highest BCUT2D eigenvalue weighted by molar-refractivity contribution is 7.13. The SMILES string of the molecule is O=C(O)c1ccc(CNCc2cccc(Cl)c2)s1. The Morgan fingerprint density at radius 3 is 2.78 bits per heavy atom. The van der Waals surface area contributed by atoms with Crippen molar-refractivity contribution in [3.05, 3.63) is 56.7 Å². The highest BCUT2D eigenvalue weighted by Crippen LogP contribution is 2.16. The first kappa shape index (κ1) is 13.1. The van der Waals surface area contributed by atoms with Crippen molar-refractivity contribution in [3.63, 3.8) is 0 Å². The van der Waals surface area contributed by atoms with Crippen LogP contribution in [0, 0.1) is 0 Å². The van der Waals surface area contributed by atoms with Gasteiger partial charge in [-0.05, 0) is 29.8 Å². The van der Waals surface area contributed by atoms with Gasteiger partial charge in [0.2, 0.25) is 0 Å². The second kappa shape index (κ2) is 6.00. The van der Waals surface area contributed by atoms with Crippen molar-refractivity contribution in [1.29, 1.82) is 0 Å². The molecular weight excluding hydrogens is 270 g/mol. The Kier molecular flexibility index (Phi) is 4.36. The van der Waals surface area contributed by atoms with Gasteiger partial charge in [0.1, 0.15) is 4.88 Å². The lowest BCUT2D eigenvalue weighted by Crippen LogP contribution is -2.11. The molecule has 0 aliphatic heterocycles. The van der Waals surface area contributed by atoms with Crippen molar-refractivity contribution in [3.8, 4) is 0 Å². The molecule has 3 nitrogen and oxygen atoms in total. The molecule has 1 heterocycles. The summed E-state index contributed by atoms with van der Waals surface area (Å²) in [7, 11) is 0. The van der Waals surface area contributed by atoms with E-state index in [0.29, 0.717) is 18.0 Å². The summed E-state index contributed by atoms with van der Waals surface area (Å²) in [5.41, 5.74) is 1.11. The molecule has 0 saturated carbocycles. The number of nitrogens with one attached hydrogen (secondary N) is 1. The number of carboxylic acids is 1. The van der Waals surface area contributed by atoms with Gasteiger partial charge in [0.15, 0.2) is 0 Å².